The summed E-state index contributed by atoms with van der Waals surface area (Å²) >= 11 is 4.06. The molecule has 0 heterocycles. The van der Waals surface area contributed by atoms with Crippen LogP contribution in [-0.4, -0.2) is 61.9 Å². The lowest BCUT2D eigenvalue weighted by molar-refractivity contribution is 0.0387. The van der Waals surface area contributed by atoms with E-state index in [1.165, 1.54) is 36.4 Å². The van der Waals surface area contributed by atoms with Crippen molar-refractivity contribution in [3.8, 4) is 0 Å². The summed E-state index contributed by atoms with van der Waals surface area (Å²) in [6, 6.07) is 11.8. The molecule has 2 aromatic carbocycles. The van der Waals surface area contributed by atoms with E-state index in [9.17, 15) is 26.4 Å². The lowest BCUT2D eigenvalue weighted by Crippen LogP contribution is -2.41. The zero-order valence-electron chi connectivity index (χ0n) is 22.9. The van der Waals surface area contributed by atoms with Gasteiger partial charge in [-0.05, 0) is 135 Å². The number of carbonyl (C=O) groups excluding carboxylic acids is 2. The number of hydrogen-bond donors (Lipinski definition) is 0. The molecule has 0 saturated carbocycles. The molecule has 0 unspecified atom stereocenters. The third kappa shape index (κ3) is 9.87. The maximum Gasteiger partial charge on any atom is 0.424 e. The highest BCUT2D eigenvalue weighted by molar-refractivity contribution is 14.1. The smallest absolute Gasteiger partial charge is 0.424 e. The van der Waals surface area contributed by atoms with Crippen molar-refractivity contribution in [2.75, 3.05) is 13.1 Å². The number of benzene rings is 2. The number of ether oxygens (including phenoxy) is 2. The highest BCUT2D eigenvalue weighted by Gasteiger charge is 2.34. The zero-order chi connectivity index (χ0) is 30.5. The molecule has 220 valence electrons. The van der Waals surface area contributed by atoms with Gasteiger partial charge in [0.2, 0.25) is 0 Å². The first-order chi connectivity index (χ1) is 18.2. The van der Waals surface area contributed by atoms with Crippen LogP contribution in [0.15, 0.2) is 70.5 Å². The second-order valence-electron chi connectivity index (χ2n) is 10.4. The van der Waals surface area contributed by atoms with Gasteiger partial charge in [-0.3, -0.25) is 0 Å². The molecule has 0 bridgehead atoms. The number of hydrogen-bond acceptors (Lipinski definition) is 8. The van der Waals surface area contributed by atoms with E-state index in [2.05, 4.69) is 0 Å². The number of amides is 2. The Morgan fingerprint density at radius 2 is 0.925 bits per heavy atom. The molecule has 0 aliphatic heterocycles. The fraction of sp³-hybridized carbons (Fsp3) is 0.385. The summed E-state index contributed by atoms with van der Waals surface area (Å²) < 4.78 is 66.7. The minimum Gasteiger partial charge on any atom is -0.443 e. The molecule has 0 saturated heterocycles. The number of nitrogens with zero attached hydrogens (tertiary/aromatic N) is 2. The highest BCUT2D eigenvalue weighted by atomic mass is 127. The van der Waals surface area contributed by atoms with Crippen LogP contribution >= 0.6 is 45.2 Å². The fourth-order valence-corrected chi connectivity index (χ4v) is 6.20. The van der Waals surface area contributed by atoms with Crippen molar-refractivity contribution < 1.29 is 35.9 Å². The molecular weight excluding hydrogens is 786 g/mol. The van der Waals surface area contributed by atoms with Gasteiger partial charge in [-0.15, -0.1) is 0 Å². The standard InChI is InChI=1S/C26H32I2N2O8S2/c1-25(2,3)37-23(31)29(39(33,34)21-13-9-19(27)10-14-21)17-7-8-18-30(24(32)38-26(4,5)6)40(35,36)22-15-11-20(28)12-16-22/h7-16H,17-18H2,1-6H3/b8-7+. The van der Waals surface area contributed by atoms with Crippen molar-refractivity contribution in [3.05, 3.63) is 67.8 Å². The first kappa shape index (κ1) is 34.3. The van der Waals surface area contributed by atoms with Gasteiger partial charge in [-0.25, -0.2) is 26.4 Å². The summed E-state index contributed by atoms with van der Waals surface area (Å²) in [5.41, 5.74) is -1.95. The minimum absolute atomic E-state index is 0.121. The van der Waals surface area contributed by atoms with E-state index < -0.39 is 56.5 Å². The van der Waals surface area contributed by atoms with E-state index in [-0.39, 0.29) is 9.79 Å². The Labute approximate surface area is 263 Å². The molecule has 2 amide bonds. The third-order valence-corrected chi connectivity index (χ3v) is 9.64. The largest absolute Gasteiger partial charge is 0.443 e. The Morgan fingerprint density at radius 3 is 1.18 bits per heavy atom. The summed E-state index contributed by atoms with van der Waals surface area (Å²) in [6.07, 6.45) is 0.335. The summed E-state index contributed by atoms with van der Waals surface area (Å²) in [7, 11) is -8.65. The molecule has 0 aliphatic carbocycles. The number of sulfonamides is 2. The van der Waals surface area contributed by atoms with Crippen molar-refractivity contribution in [2.45, 2.75) is 62.5 Å². The van der Waals surface area contributed by atoms with Gasteiger partial charge >= 0.3 is 12.2 Å². The molecule has 10 nitrogen and oxygen atoms in total. The van der Waals surface area contributed by atoms with Crippen LogP contribution in [-0.2, 0) is 29.5 Å². The molecule has 0 spiro atoms. The molecule has 0 aliphatic rings. The maximum atomic E-state index is 13.3. The van der Waals surface area contributed by atoms with E-state index in [0.29, 0.717) is 8.61 Å². The Kier molecular flexibility index (Phi) is 11.5. The molecule has 0 aromatic heterocycles. The fourth-order valence-electron chi connectivity index (χ4n) is 2.98. The molecule has 2 aromatic rings. The predicted octanol–water partition coefficient (Wildman–Crippen LogP) is 6.00. The van der Waals surface area contributed by atoms with Gasteiger partial charge in [0.05, 0.1) is 22.9 Å². The van der Waals surface area contributed by atoms with E-state index in [4.69, 9.17) is 9.47 Å². The van der Waals surface area contributed by atoms with E-state index in [1.807, 2.05) is 45.2 Å². The SMILES string of the molecule is CC(C)(C)OC(=O)N(C/C=C/CN(C(=O)OC(C)(C)C)S(=O)(=O)c1ccc(I)cc1)S(=O)(=O)c1ccc(I)cc1. The first-order valence-electron chi connectivity index (χ1n) is 11.9. The van der Waals surface area contributed by atoms with Crippen molar-refractivity contribution in [1.82, 2.24) is 8.61 Å². The van der Waals surface area contributed by atoms with Gasteiger partial charge in [0.15, 0.2) is 0 Å². The van der Waals surface area contributed by atoms with E-state index >= 15 is 0 Å². The van der Waals surface area contributed by atoms with Gasteiger partial charge in [0, 0.05) is 7.14 Å². The van der Waals surface area contributed by atoms with Crippen LogP contribution in [0.4, 0.5) is 9.59 Å². The van der Waals surface area contributed by atoms with Gasteiger partial charge < -0.3 is 9.47 Å². The van der Waals surface area contributed by atoms with Crippen molar-refractivity contribution in [2.24, 2.45) is 0 Å². The number of halogens is 2. The molecule has 0 radical (unpaired) electrons. The van der Waals surface area contributed by atoms with Gasteiger partial charge in [-0.1, -0.05) is 12.2 Å². The average molecular weight is 818 g/mol. The lowest BCUT2D eigenvalue weighted by Gasteiger charge is -2.27. The van der Waals surface area contributed by atoms with Crippen molar-refractivity contribution in [3.63, 3.8) is 0 Å². The second-order valence-corrected chi connectivity index (χ2v) is 16.6. The molecule has 0 atom stereocenters. The van der Waals surface area contributed by atoms with Crippen LogP contribution in [0, 0.1) is 7.14 Å². The monoisotopic (exact) mass is 818 g/mol. The topological polar surface area (TPSA) is 127 Å². The van der Waals surface area contributed by atoms with Crippen LogP contribution in [0.5, 0.6) is 0 Å². The summed E-state index contributed by atoms with van der Waals surface area (Å²) in [5, 5.41) is 0. The lowest BCUT2D eigenvalue weighted by atomic mass is 10.2. The number of carbonyl (C=O) groups is 2. The van der Waals surface area contributed by atoms with Crippen LogP contribution in [0.2, 0.25) is 0 Å². The van der Waals surface area contributed by atoms with E-state index in [0.717, 1.165) is 7.14 Å². The summed E-state index contributed by atoms with van der Waals surface area (Å²) in [6.45, 7) is 8.66. The average Bonchev–Trinajstić information content (AvgIpc) is 2.79. The normalized spacial score (nSPS) is 12.7. The zero-order valence-corrected chi connectivity index (χ0v) is 28.9. The third-order valence-electron chi connectivity index (χ3n) is 4.71. The first-order valence-corrected chi connectivity index (χ1v) is 17.0. The summed E-state index contributed by atoms with van der Waals surface area (Å²) in [4.78, 5) is 25.6. The second kappa shape index (κ2) is 13.4. The molecule has 14 heteroatoms. The number of rotatable bonds is 8. The molecular formula is C26H32I2N2O8S2. The van der Waals surface area contributed by atoms with Gasteiger partial charge in [-0.2, -0.15) is 8.61 Å². The Hall–Kier alpha value is -1.92. The molecule has 2 rings (SSSR count). The van der Waals surface area contributed by atoms with Gasteiger partial charge in [0.1, 0.15) is 11.2 Å². The van der Waals surface area contributed by atoms with Crippen molar-refractivity contribution >= 4 is 77.4 Å². The Balaban J connectivity index is 2.41. The molecule has 0 fully saturated rings. The highest BCUT2D eigenvalue weighted by Crippen LogP contribution is 2.22. The van der Waals surface area contributed by atoms with Crippen LogP contribution in [0.25, 0.3) is 0 Å². The predicted molar refractivity (Wildman–Crippen MR) is 168 cm³/mol. The minimum atomic E-state index is -4.33. The Bertz CT molecular complexity index is 1330. The van der Waals surface area contributed by atoms with Crippen LogP contribution in [0.3, 0.4) is 0 Å². The summed E-state index contributed by atoms with van der Waals surface area (Å²) in [5.74, 6) is 0. The molecule has 0 N–H and O–H groups in total. The van der Waals surface area contributed by atoms with Crippen molar-refractivity contribution in [1.29, 1.82) is 0 Å². The van der Waals surface area contributed by atoms with E-state index in [1.54, 1.807) is 65.8 Å². The Morgan fingerprint density at radius 1 is 0.650 bits per heavy atom. The molecule has 40 heavy (non-hydrogen) atoms. The van der Waals surface area contributed by atoms with Crippen LogP contribution < -0.4 is 0 Å². The quantitative estimate of drug-likeness (QED) is 0.235. The van der Waals surface area contributed by atoms with Crippen LogP contribution in [0.1, 0.15) is 41.5 Å². The maximum absolute atomic E-state index is 13.3. The van der Waals surface area contributed by atoms with Gasteiger partial charge in [0.25, 0.3) is 20.0 Å².